The molecule has 30 heavy (non-hydrogen) atoms. The molecule has 2 aromatic heterocycles. The Hall–Kier alpha value is -3.29. The molecule has 4 heterocycles. The van der Waals surface area contributed by atoms with Gasteiger partial charge in [0.1, 0.15) is 6.10 Å². The van der Waals surface area contributed by atoms with Gasteiger partial charge >= 0.3 is 6.01 Å². The highest BCUT2D eigenvalue weighted by Crippen LogP contribution is 2.38. The molecule has 0 radical (unpaired) electrons. The fourth-order valence-electron chi connectivity index (χ4n) is 4.54. The average Bonchev–Trinajstić information content (AvgIpc) is 3.34. The summed E-state index contributed by atoms with van der Waals surface area (Å²) in [5, 5.41) is 8.40. The third kappa shape index (κ3) is 3.42. The number of carbonyl (C=O) groups excluding carboxylic acids is 1. The van der Waals surface area contributed by atoms with Crippen LogP contribution in [0.3, 0.4) is 0 Å². The van der Waals surface area contributed by atoms with Gasteiger partial charge in [-0.3, -0.25) is 4.79 Å². The normalized spacial score (nSPS) is 22.8. The zero-order valence-electron chi connectivity index (χ0n) is 16.9. The number of nitrogens with zero attached hydrogens (tertiary/aromatic N) is 6. The quantitative estimate of drug-likeness (QED) is 0.650. The minimum Gasteiger partial charge on any atom is -0.458 e. The van der Waals surface area contributed by atoms with Crippen LogP contribution in [0.1, 0.15) is 42.1 Å². The molecule has 1 aliphatic carbocycles. The summed E-state index contributed by atoms with van der Waals surface area (Å²) in [5.74, 6) is 0.419. The van der Waals surface area contributed by atoms with Gasteiger partial charge in [0.15, 0.2) is 0 Å². The van der Waals surface area contributed by atoms with Crippen molar-refractivity contribution in [3.05, 3.63) is 60.2 Å². The molecule has 8 nitrogen and oxygen atoms in total. The van der Waals surface area contributed by atoms with E-state index in [0.717, 1.165) is 37.8 Å². The van der Waals surface area contributed by atoms with E-state index in [2.05, 4.69) is 27.1 Å². The van der Waals surface area contributed by atoms with Crippen molar-refractivity contribution in [2.45, 2.75) is 44.8 Å². The average molecular weight is 404 g/mol. The number of carbonyl (C=O) groups is 1. The Labute approximate surface area is 174 Å². The summed E-state index contributed by atoms with van der Waals surface area (Å²) >= 11 is 0. The topological polar surface area (TPSA) is 86.0 Å². The second-order valence-corrected chi connectivity index (χ2v) is 7.92. The summed E-state index contributed by atoms with van der Waals surface area (Å²) in [5.41, 5.74) is 2.36. The highest BCUT2D eigenvalue weighted by Gasteiger charge is 2.45. The van der Waals surface area contributed by atoms with Crippen LogP contribution in [0.4, 0.5) is 0 Å². The lowest BCUT2D eigenvalue weighted by Crippen LogP contribution is -2.59. The van der Waals surface area contributed by atoms with E-state index >= 15 is 0 Å². The first-order chi connectivity index (χ1) is 14.7. The number of piperidine rings is 2. The zero-order valence-corrected chi connectivity index (χ0v) is 16.9. The molecule has 8 heteroatoms. The molecular weight excluding hydrogens is 380 g/mol. The number of aryl methyl sites for hydroxylation is 1. The minimum absolute atomic E-state index is 0.00634. The number of para-hydroxylation sites is 1. The predicted molar refractivity (Wildman–Crippen MR) is 109 cm³/mol. The van der Waals surface area contributed by atoms with Crippen molar-refractivity contribution in [2.24, 2.45) is 5.92 Å². The summed E-state index contributed by atoms with van der Waals surface area (Å²) < 4.78 is 6.16. The first kappa shape index (κ1) is 18.7. The van der Waals surface area contributed by atoms with Crippen molar-refractivity contribution in [2.75, 3.05) is 6.54 Å². The summed E-state index contributed by atoms with van der Waals surface area (Å²) in [6.45, 7) is 2.82. The summed E-state index contributed by atoms with van der Waals surface area (Å²) in [6.07, 6.45) is 10.6. The Bertz CT molecular complexity index is 1020. The Balaban J connectivity index is 1.39. The van der Waals surface area contributed by atoms with E-state index in [9.17, 15) is 4.79 Å². The van der Waals surface area contributed by atoms with Crippen molar-refractivity contribution in [1.29, 1.82) is 0 Å². The molecule has 1 aromatic carbocycles. The molecule has 1 saturated carbocycles. The van der Waals surface area contributed by atoms with Gasteiger partial charge in [0.05, 0.1) is 29.7 Å². The standard InChI is InChI=1S/C22H24N6O2/c1-2-15-12-23-22(24-13-15)30-20-11-16-7-8-19(20)27(14-16)21(29)17-5-3-4-6-18(17)28-25-9-10-26-28/h3-6,9-10,12-13,16,19-20H,2,7-8,11,14H2,1H3. The molecule has 154 valence electrons. The van der Waals surface area contributed by atoms with E-state index in [1.165, 1.54) is 4.80 Å². The van der Waals surface area contributed by atoms with Crippen LogP contribution in [-0.4, -0.2) is 54.5 Å². The molecule has 0 N–H and O–H groups in total. The van der Waals surface area contributed by atoms with Crippen LogP contribution in [0, 0.1) is 5.92 Å². The Morgan fingerprint density at radius 3 is 2.63 bits per heavy atom. The van der Waals surface area contributed by atoms with Crippen molar-refractivity contribution >= 4 is 5.91 Å². The van der Waals surface area contributed by atoms with Crippen molar-refractivity contribution < 1.29 is 9.53 Å². The van der Waals surface area contributed by atoms with E-state index in [4.69, 9.17) is 4.74 Å². The number of rotatable bonds is 5. The van der Waals surface area contributed by atoms with Gasteiger partial charge in [-0.25, -0.2) is 9.97 Å². The van der Waals surface area contributed by atoms with Gasteiger partial charge in [-0.2, -0.15) is 15.0 Å². The molecule has 3 unspecified atom stereocenters. The minimum atomic E-state index is -0.0936. The summed E-state index contributed by atoms with van der Waals surface area (Å²) in [7, 11) is 0. The van der Waals surface area contributed by atoms with E-state index in [-0.39, 0.29) is 18.1 Å². The summed E-state index contributed by atoms with van der Waals surface area (Å²) in [6, 6.07) is 7.87. The van der Waals surface area contributed by atoms with E-state index in [0.29, 0.717) is 23.2 Å². The van der Waals surface area contributed by atoms with Gasteiger partial charge in [0.2, 0.25) is 0 Å². The molecule has 2 saturated heterocycles. The lowest BCUT2D eigenvalue weighted by Gasteiger charge is -2.49. The van der Waals surface area contributed by atoms with Gasteiger partial charge in [-0.05, 0) is 49.3 Å². The molecule has 1 amide bonds. The number of hydrogen-bond acceptors (Lipinski definition) is 6. The molecule has 2 bridgehead atoms. The smallest absolute Gasteiger partial charge is 0.316 e. The fraction of sp³-hybridized carbons (Fsp3) is 0.409. The van der Waals surface area contributed by atoms with Crippen LogP contribution in [0.25, 0.3) is 5.69 Å². The monoisotopic (exact) mass is 404 g/mol. The van der Waals surface area contributed by atoms with Gasteiger partial charge in [0, 0.05) is 18.9 Å². The van der Waals surface area contributed by atoms with Crippen LogP contribution in [-0.2, 0) is 6.42 Å². The number of benzene rings is 1. The second-order valence-electron chi connectivity index (χ2n) is 7.92. The molecule has 3 aliphatic rings. The van der Waals surface area contributed by atoms with E-state index < -0.39 is 0 Å². The third-order valence-electron chi connectivity index (χ3n) is 6.10. The predicted octanol–water partition coefficient (Wildman–Crippen LogP) is 2.69. The maximum Gasteiger partial charge on any atom is 0.316 e. The second kappa shape index (κ2) is 7.85. The number of amides is 1. The van der Waals surface area contributed by atoms with Crippen LogP contribution >= 0.6 is 0 Å². The zero-order chi connectivity index (χ0) is 20.5. The molecule has 3 fully saturated rings. The van der Waals surface area contributed by atoms with Gasteiger partial charge in [-0.15, -0.1) is 0 Å². The molecule has 2 aliphatic heterocycles. The van der Waals surface area contributed by atoms with Crippen molar-refractivity contribution in [3.8, 4) is 11.7 Å². The Morgan fingerprint density at radius 2 is 1.90 bits per heavy atom. The van der Waals surface area contributed by atoms with Gasteiger partial charge < -0.3 is 9.64 Å². The lowest BCUT2D eigenvalue weighted by molar-refractivity contribution is -0.0330. The lowest BCUT2D eigenvalue weighted by atomic mass is 9.77. The first-order valence-electron chi connectivity index (χ1n) is 10.5. The Morgan fingerprint density at radius 1 is 1.13 bits per heavy atom. The maximum atomic E-state index is 13.6. The fourth-order valence-corrected chi connectivity index (χ4v) is 4.54. The highest BCUT2D eigenvalue weighted by molar-refractivity contribution is 5.98. The van der Waals surface area contributed by atoms with E-state index in [1.54, 1.807) is 24.8 Å². The van der Waals surface area contributed by atoms with Crippen molar-refractivity contribution in [3.63, 3.8) is 0 Å². The number of aromatic nitrogens is 5. The number of ether oxygens (including phenoxy) is 1. The Kier molecular flexibility index (Phi) is 4.90. The van der Waals surface area contributed by atoms with Crippen LogP contribution in [0.2, 0.25) is 0 Å². The van der Waals surface area contributed by atoms with Crippen LogP contribution in [0.15, 0.2) is 49.1 Å². The third-order valence-corrected chi connectivity index (χ3v) is 6.10. The first-order valence-corrected chi connectivity index (χ1v) is 10.5. The molecular formula is C22H24N6O2. The summed E-state index contributed by atoms with van der Waals surface area (Å²) in [4.78, 5) is 25.7. The molecule has 3 atom stereocenters. The molecule has 3 aromatic rings. The SMILES string of the molecule is CCc1cnc(OC2CC3CCC2N(C(=O)c2ccccc2-n2nccn2)C3)nc1. The highest BCUT2D eigenvalue weighted by atomic mass is 16.5. The van der Waals surface area contributed by atoms with E-state index in [1.807, 2.05) is 29.2 Å². The van der Waals surface area contributed by atoms with Crippen molar-refractivity contribution in [1.82, 2.24) is 29.9 Å². The number of hydrogen-bond donors (Lipinski definition) is 0. The molecule has 0 spiro atoms. The van der Waals surface area contributed by atoms with Crippen LogP contribution < -0.4 is 4.74 Å². The molecule has 6 rings (SSSR count). The van der Waals surface area contributed by atoms with Crippen LogP contribution in [0.5, 0.6) is 6.01 Å². The van der Waals surface area contributed by atoms with Gasteiger partial charge in [0.25, 0.3) is 5.91 Å². The maximum absolute atomic E-state index is 13.6. The largest absolute Gasteiger partial charge is 0.458 e. The number of fused-ring (bicyclic) bond motifs is 3. The van der Waals surface area contributed by atoms with Gasteiger partial charge in [-0.1, -0.05) is 19.1 Å².